The fraction of sp³-hybridized carbons (Fsp3) is 0.455. The maximum absolute atomic E-state index is 13.2. The molecule has 1 saturated heterocycles. The molecular formula is C22H27N3O3S. The van der Waals surface area contributed by atoms with E-state index in [-0.39, 0.29) is 5.91 Å². The zero-order chi connectivity index (χ0) is 20.7. The van der Waals surface area contributed by atoms with Crippen LogP contribution in [0.3, 0.4) is 0 Å². The summed E-state index contributed by atoms with van der Waals surface area (Å²) in [5, 5.41) is 5.69. The molecule has 1 aliphatic heterocycles. The standard InChI is InChI=1S/C22H27N3O3S/c1-13-8-14(2)12-25(11-13)21(26)19-10-16-20(23-24(3)22(16)29-19)15-6-7-17(27-4)18(9-15)28-5/h6-7,9-10,13-14H,8,11-12H2,1-5H3. The first-order valence-corrected chi connectivity index (χ1v) is 10.7. The average Bonchev–Trinajstić information content (AvgIpc) is 3.26. The summed E-state index contributed by atoms with van der Waals surface area (Å²) in [4.78, 5) is 16.9. The Morgan fingerprint density at radius 2 is 1.79 bits per heavy atom. The van der Waals surface area contributed by atoms with Gasteiger partial charge in [0.05, 0.1) is 19.1 Å². The molecule has 0 aliphatic carbocycles. The summed E-state index contributed by atoms with van der Waals surface area (Å²) in [6.07, 6.45) is 1.18. The second kappa shape index (κ2) is 7.71. The van der Waals surface area contributed by atoms with E-state index in [9.17, 15) is 4.79 Å². The summed E-state index contributed by atoms with van der Waals surface area (Å²) < 4.78 is 12.6. The van der Waals surface area contributed by atoms with Crippen molar-refractivity contribution in [1.82, 2.24) is 14.7 Å². The van der Waals surface area contributed by atoms with Crippen molar-refractivity contribution in [2.75, 3.05) is 27.3 Å². The molecule has 0 radical (unpaired) electrons. The van der Waals surface area contributed by atoms with Gasteiger partial charge in [0.1, 0.15) is 10.5 Å². The lowest BCUT2D eigenvalue weighted by atomic mass is 9.92. The summed E-state index contributed by atoms with van der Waals surface area (Å²) in [7, 11) is 5.16. The molecule has 0 N–H and O–H groups in total. The Morgan fingerprint density at radius 1 is 1.10 bits per heavy atom. The van der Waals surface area contributed by atoms with Crippen LogP contribution >= 0.6 is 11.3 Å². The Kier molecular flexibility index (Phi) is 5.25. The molecule has 3 heterocycles. The SMILES string of the molecule is COc1ccc(-c2nn(C)c3sc(C(=O)N4CC(C)CC(C)C4)cc23)cc1OC. The molecule has 2 aromatic heterocycles. The van der Waals surface area contributed by atoms with Gasteiger partial charge in [-0.05, 0) is 42.5 Å². The van der Waals surface area contributed by atoms with Crippen molar-refractivity contribution in [3.05, 3.63) is 29.1 Å². The molecule has 1 aromatic carbocycles. The van der Waals surface area contributed by atoms with Gasteiger partial charge in [-0.25, -0.2) is 0 Å². The lowest BCUT2D eigenvalue weighted by molar-refractivity contribution is 0.0628. The Bertz CT molecular complexity index is 1050. The molecule has 154 valence electrons. The van der Waals surface area contributed by atoms with E-state index in [1.54, 1.807) is 14.2 Å². The molecule has 1 fully saturated rings. The average molecular weight is 414 g/mol. The molecule has 7 heteroatoms. The van der Waals surface area contributed by atoms with Gasteiger partial charge in [0.2, 0.25) is 0 Å². The van der Waals surface area contributed by atoms with E-state index in [0.717, 1.165) is 39.4 Å². The minimum absolute atomic E-state index is 0.128. The second-order valence-electron chi connectivity index (χ2n) is 8.03. The zero-order valence-electron chi connectivity index (χ0n) is 17.6. The van der Waals surface area contributed by atoms with E-state index in [2.05, 4.69) is 13.8 Å². The Morgan fingerprint density at radius 3 is 2.45 bits per heavy atom. The van der Waals surface area contributed by atoms with Crippen molar-refractivity contribution < 1.29 is 14.3 Å². The number of carbonyl (C=O) groups is 1. The van der Waals surface area contributed by atoms with Gasteiger partial charge in [-0.3, -0.25) is 9.48 Å². The maximum atomic E-state index is 13.2. The van der Waals surface area contributed by atoms with E-state index in [4.69, 9.17) is 14.6 Å². The monoisotopic (exact) mass is 413 g/mol. The van der Waals surface area contributed by atoms with Gasteiger partial charge in [-0.15, -0.1) is 11.3 Å². The molecule has 2 unspecified atom stereocenters. The zero-order valence-corrected chi connectivity index (χ0v) is 18.4. The highest BCUT2D eigenvalue weighted by Gasteiger charge is 2.28. The molecular weight excluding hydrogens is 386 g/mol. The first kappa shape index (κ1) is 19.8. The number of fused-ring (bicyclic) bond motifs is 1. The van der Waals surface area contributed by atoms with Crippen molar-refractivity contribution >= 4 is 27.5 Å². The number of piperidine rings is 1. The fourth-order valence-electron chi connectivity index (χ4n) is 4.33. The van der Waals surface area contributed by atoms with E-state index in [1.165, 1.54) is 17.8 Å². The number of nitrogens with zero attached hydrogens (tertiary/aromatic N) is 3. The number of aryl methyl sites for hydroxylation is 1. The minimum atomic E-state index is 0.128. The van der Waals surface area contributed by atoms with Crippen LogP contribution in [-0.4, -0.2) is 47.9 Å². The third-order valence-corrected chi connectivity index (χ3v) is 6.73. The van der Waals surface area contributed by atoms with Crippen LogP contribution in [0.15, 0.2) is 24.3 Å². The van der Waals surface area contributed by atoms with Crippen LogP contribution in [0.2, 0.25) is 0 Å². The van der Waals surface area contributed by atoms with Crippen molar-refractivity contribution in [2.45, 2.75) is 20.3 Å². The fourth-order valence-corrected chi connectivity index (χ4v) is 5.37. The van der Waals surface area contributed by atoms with Gasteiger partial charge in [-0.1, -0.05) is 13.8 Å². The number of likely N-dealkylation sites (tertiary alicyclic amines) is 1. The molecule has 1 amide bonds. The van der Waals surface area contributed by atoms with Gasteiger partial charge < -0.3 is 14.4 Å². The van der Waals surface area contributed by atoms with E-state index < -0.39 is 0 Å². The third kappa shape index (κ3) is 3.59. The first-order valence-electron chi connectivity index (χ1n) is 9.89. The predicted molar refractivity (Wildman–Crippen MR) is 116 cm³/mol. The quantitative estimate of drug-likeness (QED) is 0.635. The van der Waals surface area contributed by atoms with Crippen LogP contribution in [0.25, 0.3) is 21.5 Å². The number of benzene rings is 1. The predicted octanol–water partition coefficient (Wildman–Crippen LogP) is 4.44. The first-order chi connectivity index (χ1) is 13.9. The van der Waals surface area contributed by atoms with Crippen molar-refractivity contribution in [3.63, 3.8) is 0 Å². The summed E-state index contributed by atoms with van der Waals surface area (Å²) in [6.45, 7) is 6.11. The number of hydrogen-bond acceptors (Lipinski definition) is 5. The van der Waals surface area contributed by atoms with Crippen molar-refractivity contribution in [1.29, 1.82) is 0 Å². The van der Waals surface area contributed by atoms with Gasteiger partial charge >= 0.3 is 0 Å². The number of thiophene rings is 1. The van der Waals surface area contributed by atoms with Gasteiger partial charge in [0.25, 0.3) is 5.91 Å². The number of hydrogen-bond donors (Lipinski definition) is 0. The molecule has 0 saturated carbocycles. The number of methoxy groups -OCH3 is 2. The Labute approximate surface area is 175 Å². The van der Waals surface area contributed by atoms with Crippen LogP contribution in [0, 0.1) is 11.8 Å². The summed E-state index contributed by atoms with van der Waals surface area (Å²) in [6, 6.07) is 7.76. The van der Waals surface area contributed by atoms with E-state index in [1.807, 2.05) is 40.9 Å². The molecule has 0 spiro atoms. The van der Waals surface area contributed by atoms with Crippen LogP contribution in [-0.2, 0) is 7.05 Å². The van der Waals surface area contributed by atoms with E-state index >= 15 is 0 Å². The van der Waals surface area contributed by atoms with Gasteiger partial charge in [-0.2, -0.15) is 5.10 Å². The number of rotatable bonds is 4. The molecule has 4 rings (SSSR count). The molecule has 6 nitrogen and oxygen atoms in total. The normalized spacial score (nSPS) is 19.6. The Balaban J connectivity index is 1.72. The lowest BCUT2D eigenvalue weighted by Gasteiger charge is -2.34. The molecule has 1 aliphatic rings. The highest BCUT2D eigenvalue weighted by Crippen LogP contribution is 2.38. The number of aromatic nitrogens is 2. The van der Waals surface area contributed by atoms with Crippen LogP contribution in [0.1, 0.15) is 29.9 Å². The molecule has 2 atom stereocenters. The lowest BCUT2D eigenvalue weighted by Crippen LogP contribution is -2.42. The summed E-state index contributed by atoms with van der Waals surface area (Å²) in [5.41, 5.74) is 1.78. The minimum Gasteiger partial charge on any atom is -0.493 e. The number of amides is 1. The molecule has 3 aromatic rings. The highest BCUT2D eigenvalue weighted by atomic mass is 32.1. The molecule has 0 bridgehead atoms. The largest absolute Gasteiger partial charge is 0.493 e. The topological polar surface area (TPSA) is 56.6 Å². The number of carbonyl (C=O) groups excluding carboxylic acids is 1. The van der Waals surface area contributed by atoms with E-state index in [0.29, 0.717) is 23.3 Å². The van der Waals surface area contributed by atoms with Crippen molar-refractivity contribution in [2.24, 2.45) is 18.9 Å². The van der Waals surface area contributed by atoms with Gasteiger partial charge in [0, 0.05) is 31.1 Å². The van der Waals surface area contributed by atoms with Crippen molar-refractivity contribution in [3.8, 4) is 22.8 Å². The maximum Gasteiger partial charge on any atom is 0.264 e. The number of ether oxygens (including phenoxy) is 2. The molecule has 29 heavy (non-hydrogen) atoms. The van der Waals surface area contributed by atoms with Gasteiger partial charge in [0.15, 0.2) is 11.5 Å². The Hall–Kier alpha value is -2.54. The van der Waals surface area contributed by atoms with Crippen LogP contribution < -0.4 is 9.47 Å². The third-order valence-electron chi connectivity index (χ3n) is 5.54. The highest BCUT2D eigenvalue weighted by molar-refractivity contribution is 7.20. The second-order valence-corrected chi connectivity index (χ2v) is 9.06. The smallest absolute Gasteiger partial charge is 0.264 e. The summed E-state index contributed by atoms with van der Waals surface area (Å²) >= 11 is 1.51. The van der Waals surface area contributed by atoms with Crippen LogP contribution in [0.5, 0.6) is 11.5 Å². The summed E-state index contributed by atoms with van der Waals surface area (Å²) in [5.74, 6) is 2.55. The van der Waals surface area contributed by atoms with Crippen LogP contribution in [0.4, 0.5) is 0 Å².